The molecule has 2 aromatic carbocycles. The normalized spacial score (nSPS) is 18.7. The van der Waals surface area contributed by atoms with E-state index in [1.54, 1.807) is 6.07 Å². The van der Waals surface area contributed by atoms with E-state index < -0.39 is 0 Å². The highest BCUT2D eigenvalue weighted by Crippen LogP contribution is 2.27. The Morgan fingerprint density at radius 1 is 1.09 bits per heavy atom. The quantitative estimate of drug-likeness (QED) is 0.551. The Hall–Kier alpha value is -3.12. The molecule has 1 saturated heterocycles. The molecule has 6 heteroatoms. The Balaban J connectivity index is 1.51. The standard InChI is InChI=1S/C27H32N2O4/c1-16(2)23-12-24-21(11-26(30)33-25(24)10-17(23)3)13-28-22-8-6-20(7-9-22)27(31)29-14-18(4)32-19(5)15-29/h6-12,16,18-19,28H,13-15H2,1-5H3. The summed E-state index contributed by atoms with van der Waals surface area (Å²) >= 11 is 0. The number of ether oxygens (including phenoxy) is 1. The topological polar surface area (TPSA) is 71.8 Å². The fraction of sp³-hybridized carbons (Fsp3) is 0.407. The predicted octanol–water partition coefficient (Wildman–Crippen LogP) is 5.09. The molecule has 1 N–H and O–H groups in total. The predicted molar refractivity (Wildman–Crippen MR) is 131 cm³/mol. The minimum atomic E-state index is -0.356. The molecule has 2 heterocycles. The first-order chi connectivity index (χ1) is 15.7. The molecule has 0 aliphatic carbocycles. The fourth-order valence-electron chi connectivity index (χ4n) is 4.61. The Kier molecular flexibility index (Phi) is 6.56. The van der Waals surface area contributed by atoms with E-state index in [1.165, 1.54) is 5.56 Å². The molecule has 1 aliphatic heterocycles. The molecule has 4 rings (SSSR count). The molecule has 1 aromatic heterocycles. The van der Waals surface area contributed by atoms with E-state index in [1.807, 2.05) is 56.0 Å². The number of amides is 1. The van der Waals surface area contributed by atoms with Gasteiger partial charge in [0, 0.05) is 42.3 Å². The molecule has 1 fully saturated rings. The number of anilines is 1. The monoisotopic (exact) mass is 448 g/mol. The Morgan fingerprint density at radius 2 is 1.76 bits per heavy atom. The second kappa shape index (κ2) is 9.40. The molecule has 0 bridgehead atoms. The number of hydrogen-bond donors (Lipinski definition) is 1. The first-order valence-corrected chi connectivity index (χ1v) is 11.6. The van der Waals surface area contributed by atoms with Crippen molar-refractivity contribution in [3.05, 3.63) is 75.1 Å². The van der Waals surface area contributed by atoms with Crippen molar-refractivity contribution < 1.29 is 13.9 Å². The van der Waals surface area contributed by atoms with Gasteiger partial charge in [0.05, 0.1) is 12.2 Å². The molecular formula is C27H32N2O4. The van der Waals surface area contributed by atoms with E-state index in [9.17, 15) is 9.59 Å². The number of hydrogen-bond acceptors (Lipinski definition) is 5. The summed E-state index contributed by atoms with van der Waals surface area (Å²) in [5, 5.41) is 4.32. The van der Waals surface area contributed by atoms with Gasteiger partial charge in [-0.2, -0.15) is 0 Å². The molecule has 2 unspecified atom stereocenters. The summed E-state index contributed by atoms with van der Waals surface area (Å²) in [7, 11) is 0. The van der Waals surface area contributed by atoms with E-state index in [4.69, 9.17) is 9.15 Å². The number of aryl methyl sites for hydroxylation is 1. The second-order valence-electron chi connectivity index (χ2n) is 9.35. The number of nitrogens with one attached hydrogen (secondary N) is 1. The van der Waals surface area contributed by atoms with E-state index in [0.717, 1.165) is 22.2 Å². The molecular weight excluding hydrogens is 416 g/mol. The lowest BCUT2D eigenvalue weighted by Gasteiger charge is -2.35. The maximum atomic E-state index is 12.9. The minimum absolute atomic E-state index is 0.0202. The minimum Gasteiger partial charge on any atom is -0.423 e. The van der Waals surface area contributed by atoms with Crippen LogP contribution < -0.4 is 10.9 Å². The van der Waals surface area contributed by atoms with Gasteiger partial charge in [-0.25, -0.2) is 4.79 Å². The van der Waals surface area contributed by atoms with Gasteiger partial charge < -0.3 is 19.4 Å². The van der Waals surface area contributed by atoms with Gasteiger partial charge in [-0.15, -0.1) is 0 Å². The van der Waals surface area contributed by atoms with Crippen molar-refractivity contribution in [2.24, 2.45) is 0 Å². The van der Waals surface area contributed by atoms with Crippen molar-refractivity contribution in [2.45, 2.75) is 59.3 Å². The summed E-state index contributed by atoms with van der Waals surface area (Å²) in [6.45, 7) is 12.0. The van der Waals surface area contributed by atoms with E-state index >= 15 is 0 Å². The summed E-state index contributed by atoms with van der Waals surface area (Å²) in [6, 6.07) is 13.1. The van der Waals surface area contributed by atoms with Crippen LogP contribution in [0.1, 0.15) is 60.7 Å². The first-order valence-electron chi connectivity index (χ1n) is 11.6. The van der Waals surface area contributed by atoms with E-state index in [2.05, 4.69) is 25.2 Å². The molecule has 33 heavy (non-hydrogen) atoms. The Labute approximate surface area is 194 Å². The zero-order valence-electron chi connectivity index (χ0n) is 20.0. The summed E-state index contributed by atoms with van der Waals surface area (Å²) in [4.78, 5) is 26.9. The zero-order valence-corrected chi connectivity index (χ0v) is 20.0. The van der Waals surface area contributed by atoms with Crippen LogP contribution in [-0.2, 0) is 11.3 Å². The maximum Gasteiger partial charge on any atom is 0.336 e. The van der Waals surface area contributed by atoms with Crippen molar-refractivity contribution in [2.75, 3.05) is 18.4 Å². The third kappa shape index (κ3) is 5.11. The van der Waals surface area contributed by atoms with Crippen LogP contribution in [0.25, 0.3) is 11.0 Å². The summed E-state index contributed by atoms with van der Waals surface area (Å²) in [5.41, 5.74) is 5.04. The van der Waals surface area contributed by atoms with Crippen molar-refractivity contribution in [1.29, 1.82) is 0 Å². The van der Waals surface area contributed by atoms with Crippen LogP contribution >= 0.6 is 0 Å². The second-order valence-corrected chi connectivity index (χ2v) is 9.35. The van der Waals surface area contributed by atoms with Gasteiger partial charge >= 0.3 is 5.63 Å². The first kappa shape index (κ1) is 23.1. The molecule has 0 spiro atoms. The number of carbonyl (C=O) groups is 1. The van der Waals surface area contributed by atoms with Crippen LogP contribution in [0.4, 0.5) is 5.69 Å². The van der Waals surface area contributed by atoms with Crippen molar-refractivity contribution in [3.63, 3.8) is 0 Å². The zero-order chi connectivity index (χ0) is 23.7. The lowest BCUT2D eigenvalue weighted by Crippen LogP contribution is -2.48. The fourth-order valence-corrected chi connectivity index (χ4v) is 4.61. The molecule has 6 nitrogen and oxygen atoms in total. The van der Waals surface area contributed by atoms with Crippen LogP contribution in [0.15, 0.2) is 51.7 Å². The number of morpholine rings is 1. The van der Waals surface area contributed by atoms with Crippen LogP contribution in [0.3, 0.4) is 0 Å². The summed E-state index contributed by atoms with van der Waals surface area (Å²) in [5.74, 6) is 0.399. The lowest BCUT2D eigenvalue weighted by atomic mass is 9.95. The number of benzene rings is 2. The van der Waals surface area contributed by atoms with Gasteiger partial charge in [0.15, 0.2) is 0 Å². The highest BCUT2D eigenvalue weighted by Gasteiger charge is 2.26. The molecule has 2 atom stereocenters. The molecule has 0 saturated carbocycles. The van der Waals surface area contributed by atoms with Crippen molar-refractivity contribution in [1.82, 2.24) is 4.90 Å². The van der Waals surface area contributed by atoms with Gasteiger partial charge in [-0.05, 0) is 79.8 Å². The average Bonchev–Trinajstić information content (AvgIpc) is 2.76. The van der Waals surface area contributed by atoms with Crippen LogP contribution in [-0.4, -0.2) is 36.1 Å². The summed E-state index contributed by atoms with van der Waals surface area (Å²) < 4.78 is 11.2. The van der Waals surface area contributed by atoms with Gasteiger partial charge in [0.25, 0.3) is 5.91 Å². The Bertz CT molecular complexity index is 1200. The average molecular weight is 449 g/mol. The number of carbonyl (C=O) groups excluding carboxylic acids is 1. The number of nitrogens with zero attached hydrogens (tertiary/aromatic N) is 1. The lowest BCUT2D eigenvalue weighted by molar-refractivity contribution is -0.0586. The molecule has 3 aromatic rings. The van der Waals surface area contributed by atoms with E-state index in [-0.39, 0.29) is 23.7 Å². The molecule has 0 radical (unpaired) electrons. The smallest absolute Gasteiger partial charge is 0.336 e. The number of rotatable bonds is 5. The van der Waals surface area contributed by atoms with Crippen LogP contribution in [0.2, 0.25) is 0 Å². The largest absolute Gasteiger partial charge is 0.423 e. The highest BCUT2D eigenvalue weighted by molar-refractivity contribution is 5.94. The van der Waals surface area contributed by atoms with Gasteiger partial charge in [0.2, 0.25) is 0 Å². The van der Waals surface area contributed by atoms with Gasteiger partial charge in [-0.1, -0.05) is 13.8 Å². The number of fused-ring (bicyclic) bond motifs is 1. The Morgan fingerprint density at radius 3 is 2.39 bits per heavy atom. The van der Waals surface area contributed by atoms with Crippen molar-refractivity contribution in [3.8, 4) is 0 Å². The highest BCUT2D eigenvalue weighted by atomic mass is 16.5. The van der Waals surface area contributed by atoms with E-state index in [0.29, 0.717) is 36.7 Å². The van der Waals surface area contributed by atoms with Crippen LogP contribution in [0.5, 0.6) is 0 Å². The third-order valence-electron chi connectivity index (χ3n) is 6.16. The molecule has 174 valence electrons. The van der Waals surface area contributed by atoms with Gasteiger partial charge in [-0.3, -0.25) is 4.79 Å². The van der Waals surface area contributed by atoms with Crippen molar-refractivity contribution >= 4 is 22.6 Å². The van der Waals surface area contributed by atoms with Gasteiger partial charge in [0.1, 0.15) is 5.58 Å². The SMILES string of the molecule is Cc1cc2oc(=O)cc(CNc3ccc(C(=O)N4CC(C)OC(C)C4)cc3)c2cc1C(C)C. The molecule has 1 amide bonds. The maximum absolute atomic E-state index is 12.9. The third-order valence-corrected chi connectivity index (χ3v) is 6.16. The molecule has 1 aliphatic rings. The van der Waals surface area contributed by atoms with Crippen LogP contribution in [0, 0.1) is 6.92 Å². The summed E-state index contributed by atoms with van der Waals surface area (Å²) in [6.07, 6.45) is 0.0777.